The lowest BCUT2D eigenvalue weighted by Crippen LogP contribution is -2.29. The average Bonchev–Trinajstić information content (AvgIpc) is 2.55. The molecule has 0 aliphatic carbocycles. The molecule has 1 atom stereocenters. The van der Waals surface area contributed by atoms with Crippen LogP contribution >= 0.6 is 0 Å². The lowest BCUT2D eigenvalue weighted by Gasteiger charge is -2.16. The molecule has 0 amide bonds. The Balaban J connectivity index is 2.22. The third-order valence-corrected chi connectivity index (χ3v) is 4.79. The topological polar surface area (TPSA) is 98.5 Å². The molecule has 0 fully saturated rings. The number of nitro benzene ring substituents is 1. The second-order valence-corrected chi connectivity index (χ2v) is 6.59. The van der Waals surface area contributed by atoms with E-state index in [1.165, 1.54) is 37.4 Å². The van der Waals surface area contributed by atoms with E-state index in [9.17, 15) is 22.9 Å². The van der Waals surface area contributed by atoms with Gasteiger partial charge in [-0.25, -0.2) is 17.5 Å². The van der Waals surface area contributed by atoms with Crippen LogP contribution in [0, 0.1) is 15.9 Å². The molecule has 0 bridgehead atoms. The summed E-state index contributed by atoms with van der Waals surface area (Å²) >= 11 is 0. The molecule has 0 spiro atoms. The Morgan fingerprint density at radius 3 is 2.58 bits per heavy atom. The fourth-order valence-electron chi connectivity index (χ4n) is 2.14. The highest BCUT2D eigenvalue weighted by Crippen LogP contribution is 2.23. The van der Waals surface area contributed by atoms with Gasteiger partial charge in [0, 0.05) is 19.7 Å². The number of hydrogen-bond acceptors (Lipinski definition) is 5. The molecule has 2 aromatic rings. The number of nitro groups is 1. The van der Waals surface area contributed by atoms with Crippen molar-refractivity contribution in [2.45, 2.75) is 11.0 Å². The Kier molecular flexibility index (Phi) is 5.60. The van der Waals surface area contributed by atoms with Crippen LogP contribution in [-0.2, 0) is 14.8 Å². The summed E-state index contributed by atoms with van der Waals surface area (Å²) in [5.41, 5.74) is -0.0764. The smallest absolute Gasteiger partial charge is 0.289 e. The number of nitrogens with one attached hydrogen (secondary N) is 1. The second kappa shape index (κ2) is 7.47. The van der Waals surface area contributed by atoms with Crippen molar-refractivity contribution in [2.75, 3.05) is 13.7 Å². The van der Waals surface area contributed by atoms with Gasteiger partial charge < -0.3 is 4.74 Å². The van der Waals surface area contributed by atoms with Crippen molar-refractivity contribution in [3.8, 4) is 0 Å². The molecule has 24 heavy (non-hydrogen) atoms. The number of rotatable bonds is 7. The summed E-state index contributed by atoms with van der Waals surface area (Å²) in [6.45, 7) is -0.200. The molecule has 2 aromatic carbocycles. The molecule has 7 nitrogen and oxygen atoms in total. The van der Waals surface area contributed by atoms with Gasteiger partial charge in [0.2, 0.25) is 10.0 Å². The summed E-state index contributed by atoms with van der Waals surface area (Å²) in [5, 5.41) is 11.0. The van der Waals surface area contributed by atoms with E-state index >= 15 is 0 Å². The molecule has 0 heterocycles. The van der Waals surface area contributed by atoms with Crippen LogP contribution in [-0.4, -0.2) is 27.0 Å². The van der Waals surface area contributed by atoms with Crippen LogP contribution in [0.25, 0.3) is 0 Å². The normalized spacial score (nSPS) is 12.8. The lowest BCUT2D eigenvalue weighted by molar-refractivity contribution is -0.387. The number of benzene rings is 2. The van der Waals surface area contributed by atoms with Crippen LogP contribution in [0.2, 0.25) is 0 Å². The van der Waals surface area contributed by atoms with Gasteiger partial charge in [-0.2, -0.15) is 0 Å². The summed E-state index contributed by atoms with van der Waals surface area (Å²) in [7, 11) is -2.77. The first-order chi connectivity index (χ1) is 11.3. The van der Waals surface area contributed by atoms with E-state index in [0.29, 0.717) is 5.56 Å². The first-order valence-corrected chi connectivity index (χ1v) is 8.35. The molecule has 0 radical (unpaired) electrons. The van der Waals surface area contributed by atoms with Crippen LogP contribution in [0.5, 0.6) is 0 Å². The molecule has 1 unspecified atom stereocenters. The summed E-state index contributed by atoms with van der Waals surface area (Å²) in [6, 6.07) is 10.6. The number of methoxy groups -OCH3 is 1. The van der Waals surface area contributed by atoms with Crippen molar-refractivity contribution < 1.29 is 22.5 Å². The van der Waals surface area contributed by atoms with Crippen molar-refractivity contribution in [3.63, 3.8) is 0 Å². The van der Waals surface area contributed by atoms with E-state index in [2.05, 4.69) is 4.72 Å². The Hall–Kier alpha value is -2.36. The standard InChI is InChI=1S/C15H15FN2O5S/c1-23-14(11-5-4-6-12(16)9-11)10-17-24(21,22)15-8-3-2-7-13(15)18(19)20/h2-9,14,17H,10H2,1H3. The maximum absolute atomic E-state index is 13.3. The monoisotopic (exact) mass is 354 g/mol. The van der Waals surface area contributed by atoms with Crippen molar-refractivity contribution in [2.24, 2.45) is 0 Å². The fourth-order valence-corrected chi connectivity index (χ4v) is 3.34. The van der Waals surface area contributed by atoms with Gasteiger partial charge in [0.25, 0.3) is 5.69 Å². The van der Waals surface area contributed by atoms with Crippen LogP contribution in [0.3, 0.4) is 0 Å². The predicted molar refractivity (Wildman–Crippen MR) is 84.4 cm³/mol. The molecular formula is C15H15FN2O5S. The molecule has 128 valence electrons. The number of halogens is 1. The second-order valence-electron chi connectivity index (χ2n) is 4.86. The van der Waals surface area contributed by atoms with Gasteiger partial charge in [-0.15, -0.1) is 0 Å². The van der Waals surface area contributed by atoms with E-state index in [0.717, 1.165) is 12.1 Å². The van der Waals surface area contributed by atoms with Gasteiger partial charge in [-0.05, 0) is 23.8 Å². The maximum atomic E-state index is 13.3. The quantitative estimate of drug-likeness (QED) is 0.608. The SMILES string of the molecule is COC(CNS(=O)(=O)c1ccccc1[N+](=O)[O-])c1cccc(F)c1. The highest BCUT2D eigenvalue weighted by molar-refractivity contribution is 7.89. The number of nitrogens with zero attached hydrogens (tertiary/aromatic N) is 1. The fraction of sp³-hybridized carbons (Fsp3) is 0.200. The zero-order chi connectivity index (χ0) is 17.7. The number of sulfonamides is 1. The minimum atomic E-state index is -4.12. The summed E-state index contributed by atoms with van der Waals surface area (Å²) in [4.78, 5) is 9.76. The Labute approximate surface area is 138 Å². The zero-order valence-electron chi connectivity index (χ0n) is 12.7. The van der Waals surface area contributed by atoms with Crippen LogP contribution in [0.1, 0.15) is 11.7 Å². The Bertz CT molecular complexity index is 841. The minimum absolute atomic E-state index is 0.200. The molecule has 1 N–H and O–H groups in total. The van der Waals surface area contributed by atoms with Gasteiger partial charge in [-0.1, -0.05) is 24.3 Å². The van der Waals surface area contributed by atoms with Crippen LogP contribution < -0.4 is 4.72 Å². The van der Waals surface area contributed by atoms with Crippen molar-refractivity contribution in [1.29, 1.82) is 0 Å². The van der Waals surface area contributed by atoms with Gasteiger partial charge in [0.05, 0.1) is 11.0 Å². The van der Waals surface area contributed by atoms with E-state index < -0.39 is 37.5 Å². The van der Waals surface area contributed by atoms with Gasteiger partial charge in [0.15, 0.2) is 4.90 Å². The molecule has 0 aromatic heterocycles. The molecule has 0 saturated carbocycles. The third-order valence-electron chi connectivity index (χ3n) is 3.32. The predicted octanol–water partition coefficient (Wildman–Crippen LogP) is 2.40. The molecule has 2 rings (SSSR count). The Morgan fingerprint density at radius 2 is 1.96 bits per heavy atom. The summed E-state index contributed by atoms with van der Waals surface area (Å²) in [5.74, 6) is -0.476. The van der Waals surface area contributed by atoms with Crippen molar-refractivity contribution in [1.82, 2.24) is 4.72 Å². The molecule has 0 aliphatic rings. The maximum Gasteiger partial charge on any atom is 0.289 e. The van der Waals surface area contributed by atoms with Crippen LogP contribution in [0.15, 0.2) is 53.4 Å². The highest BCUT2D eigenvalue weighted by atomic mass is 32.2. The molecular weight excluding hydrogens is 339 g/mol. The highest BCUT2D eigenvalue weighted by Gasteiger charge is 2.26. The number of hydrogen-bond donors (Lipinski definition) is 1. The number of ether oxygens (including phenoxy) is 1. The van der Waals surface area contributed by atoms with Crippen molar-refractivity contribution >= 4 is 15.7 Å². The first-order valence-electron chi connectivity index (χ1n) is 6.86. The van der Waals surface area contributed by atoms with Gasteiger partial charge in [0.1, 0.15) is 5.82 Å². The Morgan fingerprint density at radius 1 is 1.25 bits per heavy atom. The molecule has 0 aliphatic heterocycles. The lowest BCUT2D eigenvalue weighted by atomic mass is 10.1. The average molecular weight is 354 g/mol. The molecule has 9 heteroatoms. The van der Waals surface area contributed by atoms with Gasteiger partial charge in [-0.3, -0.25) is 10.1 Å². The third kappa shape index (κ3) is 4.13. The molecule has 0 saturated heterocycles. The first kappa shape index (κ1) is 18.0. The zero-order valence-corrected chi connectivity index (χ0v) is 13.5. The van der Waals surface area contributed by atoms with E-state index in [4.69, 9.17) is 4.74 Å². The largest absolute Gasteiger partial charge is 0.375 e. The van der Waals surface area contributed by atoms with E-state index in [1.54, 1.807) is 6.07 Å². The van der Waals surface area contributed by atoms with Gasteiger partial charge >= 0.3 is 0 Å². The summed E-state index contributed by atoms with van der Waals surface area (Å²) in [6.07, 6.45) is -0.738. The summed E-state index contributed by atoms with van der Waals surface area (Å²) < 4.78 is 45.4. The number of para-hydroxylation sites is 1. The van der Waals surface area contributed by atoms with Crippen molar-refractivity contribution in [3.05, 3.63) is 70.0 Å². The van der Waals surface area contributed by atoms with E-state index in [1.807, 2.05) is 0 Å². The van der Waals surface area contributed by atoms with Crippen LogP contribution in [0.4, 0.5) is 10.1 Å². The minimum Gasteiger partial charge on any atom is -0.375 e. The van der Waals surface area contributed by atoms with E-state index in [-0.39, 0.29) is 6.54 Å².